The number of hydrogen-bond acceptors (Lipinski definition) is 6. The van der Waals surface area contributed by atoms with Gasteiger partial charge in [0.05, 0.1) is 0 Å². The fraction of sp³-hybridized carbons (Fsp3) is 0.217. The zero-order chi connectivity index (χ0) is 20.3. The third-order valence-electron chi connectivity index (χ3n) is 5.12. The van der Waals surface area contributed by atoms with Crippen molar-refractivity contribution in [3.63, 3.8) is 0 Å². The second-order valence-corrected chi connectivity index (χ2v) is 7.03. The maximum absolute atomic E-state index is 12.8. The normalized spacial score (nSPS) is 15.1. The predicted molar refractivity (Wildman–Crippen MR) is 108 cm³/mol. The van der Waals surface area contributed by atoms with Crippen LogP contribution in [0.3, 0.4) is 0 Å². The molecule has 0 atom stereocenters. The molecule has 2 aromatic carbocycles. The molecule has 2 aliphatic rings. The highest BCUT2D eigenvalue weighted by Gasteiger charge is 2.22. The number of aromatic nitrogens is 1. The molecule has 1 amide bonds. The van der Waals surface area contributed by atoms with Gasteiger partial charge in [-0.05, 0) is 29.7 Å². The molecule has 0 saturated heterocycles. The molecule has 7 nitrogen and oxygen atoms in total. The minimum absolute atomic E-state index is 0.116. The Morgan fingerprint density at radius 1 is 1.10 bits per heavy atom. The first-order valence-corrected chi connectivity index (χ1v) is 9.77. The van der Waals surface area contributed by atoms with Crippen molar-refractivity contribution >= 4 is 11.5 Å². The number of fused-ring (bicyclic) bond motifs is 1. The van der Waals surface area contributed by atoms with E-state index in [-0.39, 0.29) is 25.0 Å². The molecule has 0 saturated carbocycles. The van der Waals surface area contributed by atoms with Crippen LogP contribution in [-0.4, -0.2) is 35.7 Å². The van der Waals surface area contributed by atoms with Gasteiger partial charge in [-0.15, -0.1) is 0 Å². The number of rotatable bonds is 5. The molecule has 5 rings (SSSR count). The van der Waals surface area contributed by atoms with Gasteiger partial charge in [0.25, 0.3) is 5.91 Å². The van der Waals surface area contributed by atoms with E-state index in [1.165, 1.54) is 17.4 Å². The SMILES string of the molecule is O=C(c1coc(COc2ccc3c(c2)OCO3)n1)N1CC=C(c2ccccc2)CC1. The number of oxazole rings is 1. The van der Waals surface area contributed by atoms with E-state index in [4.69, 9.17) is 18.6 Å². The Bertz CT molecular complexity index is 1090. The Morgan fingerprint density at radius 2 is 1.97 bits per heavy atom. The van der Waals surface area contributed by atoms with Gasteiger partial charge >= 0.3 is 0 Å². The van der Waals surface area contributed by atoms with Gasteiger partial charge in [-0.25, -0.2) is 4.98 Å². The van der Waals surface area contributed by atoms with Crippen LogP contribution in [0.5, 0.6) is 17.2 Å². The fourth-order valence-electron chi connectivity index (χ4n) is 3.52. The predicted octanol–water partition coefficient (Wildman–Crippen LogP) is 3.91. The van der Waals surface area contributed by atoms with Crippen molar-refractivity contribution in [1.29, 1.82) is 0 Å². The largest absolute Gasteiger partial charge is 0.484 e. The van der Waals surface area contributed by atoms with Gasteiger partial charge in [0.15, 0.2) is 23.8 Å². The highest BCUT2D eigenvalue weighted by Crippen LogP contribution is 2.35. The first-order chi connectivity index (χ1) is 14.8. The number of amides is 1. The van der Waals surface area contributed by atoms with Crippen LogP contribution >= 0.6 is 0 Å². The second-order valence-electron chi connectivity index (χ2n) is 7.03. The molecule has 152 valence electrons. The van der Waals surface area contributed by atoms with Crippen LogP contribution < -0.4 is 14.2 Å². The molecule has 0 radical (unpaired) electrons. The lowest BCUT2D eigenvalue weighted by atomic mass is 9.99. The summed E-state index contributed by atoms with van der Waals surface area (Å²) < 4.78 is 21.7. The van der Waals surface area contributed by atoms with E-state index in [1.807, 2.05) is 18.2 Å². The molecular weight excluding hydrogens is 384 g/mol. The van der Waals surface area contributed by atoms with Crippen LogP contribution in [0.2, 0.25) is 0 Å². The third-order valence-corrected chi connectivity index (χ3v) is 5.12. The number of hydrogen-bond donors (Lipinski definition) is 0. The van der Waals surface area contributed by atoms with Crippen molar-refractivity contribution in [1.82, 2.24) is 9.88 Å². The minimum atomic E-state index is -0.142. The average Bonchev–Trinajstić information content (AvgIpc) is 3.47. The van der Waals surface area contributed by atoms with Crippen LogP contribution in [0.25, 0.3) is 5.57 Å². The third kappa shape index (κ3) is 3.74. The molecule has 0 fully saturated rings. The van der Waals surface area contributed by atoms with Gasteiger partial charge in [0.1, 0.15) is 12.0 Å². The summed E-state index contributed by atoms with van der Waals surface area (Å²) in [5.41, 5.74) is 2.75. The summed E-state index contributed by atoms with van der Waals surface area (Å²) in [6, 6.07) is 15.6. The molecule has 0 N–H and O–H groups in total. The first-order valence-electron chi connectivity index (χ1n) is 9.77. The molecule has 0 spiro atoms. The van der Waals surface area contributed by atoms with E-state index < -0.39 is 0 Å². The lowest BCUT2D eigenvalue weighted by Gasteiger charge is -2.25. The molecule has 2 aliphatic heterocycles. The summed E-state index contributed by atoms with van der Waals surface area (Å²) in [5, 5.41) is 0. The van der Waals surface area contributed by atoms with Gasteiger partial charge in [-0.3, -0.25) is 4.79 Å². The highest BCUT2D eigenvalue weighted by atomic mass is 16.7. The van der Waals surface area contributed by atoms with Gasteiger partial charge in [-0.1, -0.05) is 36.4 Å². The van der Waals surface area contributed by atoms with Crippen molar-refractivity contribution in [3.05, 3.63) is 78.0 Å². The van der Waals surface area contributed by atoms with E-state index in [1.54, 1.807) is 23.1 Å². The zero-order valence-corrected chi connectivity index (χ0v) is 16.2. The van der Waals surface area contributed by atoms with E-state index in [2.05, 4.69) is 23.2 Å². The quantitative estimate of drug-likeness (QED) is 0.642. The summed E-state index contributed by atoms with van der Waals surface area (Å²) in [5.74, 6) is 2.14. The minimum Gasteiger partial charge on any atom is -0.484 e. The van der Waals surface area contributed by atoms with E-state index in [9.17, 15) is 4.79 Å². The molecule has 7 heteroatoms. The second kappa shape index (κ2) is 7.94. The lowest BCUT2D eigenvalue weighted by molar-refractivity contribution is 0.0767. The Hall–Kier alpha value is -3.74. The molecule has 3 heterocycles. The number of carbonyl (C=O) groups excluding carboxylic acids is 1. The van der Waals surface area contributed by atoms with Crippen LogP contribution in [-0.2, 0) is 6.61 Å². The average molecular weight is 404 g/mol. The van der Waals surface area contributed by atoms with Crippen molar-refractivity contribution < 1.29 is 23.4 Å². The van der Waals surface area contributed by atoms with Crippen LogP contribution in [0.4, 0.5) is 0 Å². The van der Waals surface area contributed by atoms with Crippen molar-refractivity contribution in [2.75, 3.05) is 19.9 Å². The van der Waals surface area contributed by atoms with Crippen LogP contribution in [0.1, 0.15) is 28.4 Å². The van der Waals surface area contributed by atoms with Crippen LogP contribution in [0.15, 0.2) is 65.3 Å². The fourth-order valence-corrected chi connectivity index (χ4v) is 3.52. The number of ether oxygens (including phenoxy) is 3. The topological polar surface area (TPSA) is 74.0 Å². The molecule has 0 unspecified atom stereocenters. The summed E-state index contributed by atoms with van der Waals surface area (Å²) in [6.45, 7) is 1.53. The first kappa shape index (κ1) is 18.3. The number of carbonyl (C=O) groups is 1. The standard InChI is InChI=1S/C23H20N2O5/c26-23(25-10-8-17(9-11-25)16-4-2-1-3-5-16)19-13-28-22(24-19)14-27-18-6-7-20-21(12-18)30-15-29-20/h1-8,12-13H,9-11,14-15H2. The highest BCUT2D eigenvalue weighted by molar-refractivity contribution is 5.92. The van der Waals surface area contributed by atoms with E-state index >= 15 is 0 Å². The molecule has 3 aromatic rings. The lowest BCUT2D eigenvalue weighted by Crippen LogP contribution is -2.34. The Morgan fingerprint density at radius 3 is 2.80 bits per heavy atom. The zero-order valence-electron chi connectivity index (χ0n) is 16.2. The molecule has 0 bridgehead atoms. The molecular formula is C23H20N2O5. The molecule has 0 aliphatic carbocycles. The van der Waals surface area contributed by atoms with E-state index in [0.717, 1.165) is 6.42 Å². The smallest absolute Gasteiger partial charge is 0.276 e. The van der Waals surface area contributed by atoms with Crippen molar-refractivity contribution in [2.45, 2.75) is 13.0 Å². The summed E-state index contributed by atoms with van der Waals surface area (Å²) >= 11 is 0. The monoisotopic (exact) mass is 404 g/mol. The van der Waals surface area contributed by atoms with Gasteiger partial charge in [-0.2, -0.15) is 0 Å². The Balaban J connectivity index is 1.19. The molecule has 1 aromatic heterocycles. The Labute approximate surface area is 173 Å². The number of nitrogens with zero attached hydrogens (tertiary/aromatic N) is 2. The summed E-state index contributed by atoms with van der Waals surface area (Å²) in [4.78, 5) is 18.8. The summed E-state index contributed by atoms with van der Waals surface area (Å²) in [7, 11) is 0. The molecule has 30 heavy (non-hydrogen) atoms. The van der Waals surface area contributed by atoms with Gasteiger partial charge in [0, 0.05) is 19.2 Å². The van der Waals surface area contributed by atoms with Crippen molar-refractivity contribution in [2.24, 2.45) is 0 Å². The van der Waals surface area contributed by atoms with Crippen molar-refractivity contribution in [3.8, 4) is 17.2 Å². The van der Waals surface area contributed by atoms with Gasteiger partial charge in [0.2, 0.25) is 12.7 Å². The van der Waals surface area contributed by atoms with E-state index in [0.29, 0.717) is 36.2 Å². The van der Waals surface area contributed by atoms with Gasteiger partial charge < -0.3 is 23.5 Å². The summed E-state index contributed by atoms with van der Waals surface area (Å²) in [6.07, 6.45) is 4.30. The Kier molecular flexibility index (Phi) is 4.85. The maximum atomic E-state index is 12.8. The number of benzene rings is 2. The van der Waals surface area contributed by atoms with Crippen LogP contribution in [0, 0.1) is 0 Å². The maximum Gasteiger partial charge on any atom is 0.276 e.